The molecule has 11 nitrogen and oxygen atoms in total. The van der Waals surface area contributed by atoms with Crippen molar-refractivity contribution in [3.63, 3.8) is 0 Å². The van der Waals surface area contributed by atoms with Gasteiger partial charge in [-0.15, -0.1) is 0 Å². The van der Waals surface area contributed by atoms with Gasteiger partial charge in [-0.2, -0.15) is 5.10 Å². The first-order valence-corrected chi connectivity index (χ1v) is 8.01. The van der Waals surface area contributed by atoms with E-state index >= 15 is 0 Å². The number of furan rings is 1. The largest absolute Gasteiger partial charge is 0.478 e. The molecular weight excluding hydrogens is 384 g/mol. The minimum Gasteiger partial charge on any atom is -0.478 e. The summed E-state index contributed by atoms with van der Waals surface area (Å²) in [4.78, 5) is 31.7. The van der Waals surface area contributed by atoms with Crippen LogP contribution in [0.4, 0.5) is 17.1 Å². The molecule has 0 fully saturated rings. The first kappa shape index (κ1) is 19.2. The lowest BCUT2D eigenvalue weighted by Crippen LogP contribution is -1.98. The summed E-state index contributed by atoms with van der Waals surface area (Å²) in [6, 6.07) is 12.5. The van der Waals surface area contributed by atoms with Crippen LogP contribution in [0.5, 0.6) is 0 Å². The van der Waals surface area contributed by atoms with Crippen LogP contribution < -0.4 is 5.43 Å². The zero-order chi connectivity index (χ0) is 21.0. The summed E-state index contributed by atoms with van der Waals surface area (Å²) >= 11 is 0. The zero-order valence-corrected chi connectivity index (χ0v) is 14.5. The first-order valence-electron chi connectivity index (χ1n) is 8.01. The lowest BCUT2D eigenvalue weighted by molar-refractivity contribution is -0.393. The average Bonchev–Trinajstić information content (AvgIpc) is 3.16. The van der Waals surface area contributed by atoms with Crippen molar-refractivity contribution in [2.45, 2.75) is 0 Å². The van der Waals surface area contributed by atoms with Gasteiger partial charge in [-0.1, -0.05) is 18.2 Å². The Bertz CT molecular complexity index is 1140. The van der Waals surface area contributed by atoms with Crippen molar-refractivity contribution in [1.29, 1.82) is 0 Å². The third-order valence-corrected chi connectivity index (χ3v) is 3.82. The fourth-order valence-corrected chi connectivity index (χ4v) is 2.50. The van der Waals surface area contributed by atoms with Crippen LogP contribution in [0.25, 0.3) is 11.3 Å². The Morgan fingerprint density at radius 3 is 2.52 bits per heavy atom. The molecule has 0 saturated heterocycles. The molecular formula is C18H12N4O7. The van der Waals surface area contributed by atoms with E-state index in [1.165, 1.54) is 18.3 Å². The maximum atomic E-state index is 11.3. The zero-order valence-electron chi connectivity index (χ0n) is 14.5. The summed E-state index contributed by atoms with van der Waals surface area (Å²) in [5, 5.41) is 34.9. The molecule has 0 spiro atoms. The van der Waals surface area contributed by atoms with E-state index in [2.05, 4.69) is 10.5 Å². The Hall–Kier alpha value is -4.54. The molecule has 0 aliphatic carbocycles. The molecule has 0 aliphatic rings. The lowest BCUT2D eigenvalue weighted by atomic mass is 10.1. The van der Waals surface area contributed by atoms with Crippen molar-refractivity contribution < 1.29 is 24.2 Å². The van der Waals surface area contributed by atoms with E-state index in [0.717, 1.165) is 12.1 Å². The van der Waals surface area contributed by atoms with Crippen molar-refractivity contribution in [3.8, 4) is 11.3 Å². The number of nitrogens with zero attached hydrogens (tertiary/aromatic N) is 3. The SMILES string of the molecule is O=C(O)c1ccccc1-c1ccc(/C=N/Nc2ccc([N+](=O)[O-])cc2[N+](=O)[O-])o1. The van der Waals surface area contributed by atoms with Gasteiger partial charge >= 0.3 is 11.7 Å². The summed E-state index contributed by atoms with van der Waals surface area (Å²) in [5.74, 6) is -0.526. The van der Waals surface area contributed by atoms with E-state index in [0.29, 0.717) is 11.3 Å². The van der Waals surface area contributed by atoms with Gasteiger partial charge in [-0.25, -0.2) is 4.79 Å². The molecule has 0 bridgehead atoms. The summed E-state index contributed by atoms with van der Waals surface area (Å²) in [5.41, 5.74) is 1.93. The second-order valence-electron chi connectivity index (χ2n) is 5.64. The van der Waals surface area contributed by atoms with Gasteiger partial charge in [0.25, 0.3) is 5.69 Å². The second kappa shape index (κ2) is 8.00. The van der Waals surface area contributed by atoms with Crippen molar-refractivity contribution in [2.24, 2.45) is 5.10 Å². The lowest BCUT2D eigenvalue weighted by Gasteiger charge is -2.02. The van der Waals surface area contributed by atoms with Crippen LogP contribution in [-0.4, -0.2) is 27.1 Å². The van der Waals surface area contributed by atoms with Gasteiger partial charge in [0.05, 0.1) is 27.7 Å². The molecule has 0 atom stereocenters. The molecule has 146 valence electrons. The standard InChI is InChI=1S/C18H12N4O7/c23-18(24)14-4-2-1-3-13(14)17-8-6-12(29-17)10-19-20-15-7-5-11(21(25)26)9-16(15)22(27)28/h1-10,20H,(H,23,24)/b19-10+. The maximum absolute atomic E-state index is 11.3. The summed E-state index contributed by atoms with van der Waals surface area (Å²) < 4.78 is 5.55. The third kappa shape index (κ3) is 4.24. The summed E-state index contributed by atoms with van der Waals surface area (Å²) in [6.45, 7) is 0. The maximum Gasteiger partial charge on any atom is 0.336 e. The molecule has 29 heavy (non-hydrogen) atoms. The fraction of sp³-hybridized carbons (Fsp3) is 0. The first-order chi connectivity index (χ1) is 13.9. The Balaban J connectivity index is 1.80. The van der Waals surface area contributed by atoms with Gasteiger partial charge in [0.15, 0.2) is 0 Å². The summed E-state index contributed by atoms with van der Waals surface area (Å²) in [7, 11) is 0. The van der Waals surface area contributed by atoms with Crippen molar-refractivity contribution in [3.05, 3.63) is 86.1 Å². The minimum atomic E-state index is -1.10. The van der Waals surface area contributed by atoms with E-state index in [-0.39, 0.29) is 17.0 Å². The molecule has 0 aliphatic heterocycles. The van der Waals surface area contributed by atoms with E-state index in [4.69, 9.17) is 4.42 Å². The normalized spacial score (nSPS) is 10.8. The molecule has 11 heteroatoms. The van der Waals surface area contributed by atoms with Crippen LogP contribution in [0.2, 0.25) is 0 Å². The number of rotatable bonds is 7. The van der Waals surface area contributed by atoms with E-state index < -0.39 is 27.2 Å². The van der Waals surface area contributed by atoms with Gasteiger partial charge in [0.1, 0.15) is 17.2 Å². The van der Waals surface area contributed by atoms with Gasteiger partial charge in [0, 0.05) is 11.6 Å². The van der Waals surface area contributed by atoms with Crippen LogP contribution in [0.1, 0.15) is 16.1 Å². The number of anilines is 1. The molecule has 3 aromatic rings. The Morgan fingerprint density at radius 1 is 1.07 bits per heavy atom. The molecule has 0 unspecified atom stereocenters. The molecule has 0 saturated carbocycles. The molecule has 0 amide bonds. The van der Waals surface area contributed by atoms with E-state index in [9.17, 15) is 30.1 Å². The van der Waals surface area contributed by atoms with Crippen LogP contribution >= 0.6 is 0 Å². The third-order valence-electron chi connectivity index (χ3n) is 3.82. The Labute approximate surface area is 162 Å². The number of hydrazone groups is 1. The van der Waals surface area contributed by atoms with Crippen LogP contribution in [0, 0.1) is 20.2 Å². The van der Waals surface area contributed by atoms with Gasteiger partial charge in [0.2, 0.25) is 0 Å². The molecule has 1 heterocycles. The van der Waals surface area contributed by atoms with Crippen molar-refractivity contribution >= 4 is 29.2 Å². The Kier molecular flexibility index (Phi) is 5.30. The number of nitro groups is 2. The fourth-order valence-electron chi connectivity index (χ4n) is 2.50. The van der Waals surface area contributed by atoms with Crippen LogP contribution in [0.3, 0.4) is 0 Å². The average molecular weight is 396 g/mol. The number of carboxylic acids is 1. The Morgan fingerprint density at radius 2 is 1.83 bits per heavy atom. The predicted molar refractivity (Wildman–Crippen MR) is 102 cm³/mol. The topological polar surface area (TPSA) is 161 Å². The number of carboxylic acid groups (broad SMARTS) is 1. The van der Waals surface area contributed by atoms with Crippen LogP contribution in [0.15, 0.2) is 64.1 Å². The molecule has 2 N–H and O–H groups in total. The highest BCUT2D eigenvalue weighted by Gasteiger charge is 2.19. The number of hydrogen-bond donors (Lipinski definition) is 2. The molecule has 3 rings (SSSR count). The number of nitro benzene ring substituents is 2. The smallest absolute Gasteiger partial charge is 0.336 e. The van der Waals surface area contributed by atoms with E-state index in [1.54, 1.807) is 30.3 Å². The number of carbonyl (C=O) groups is 1. The number of non-ortho nitro benzene ring substituents is 1. The van der Waals surface area contributed by atoms with Gasteiger partial charge in [-0.3, -0.25) is 25.7 Å². The number of hydrogen-bond acceptors (Lipinski definition) is 8. The second-order valence-corrected chi connectivity index (χ2v) is 5.64. The number of nitrogens with one attached hydrogen (secondary N) is 1. The highest BCUT2D eigenvalue weighted by Crippen LogP contribution is 2.29. The van der Waals surface area contributed by atoms with Gasteiger partial charge in [-0.05, 0) is 24.3 Å². The van der Waals surface area contributed by atoms with Crippen molar-refractivity contribution in [2.75, 3.05) is 5.43 Å². The van der Waals surface area contributed by atoms with Crippen LogP contribution in [-0.2, 0) is 0 Å². The molecule has 1 aromatic heterocycles. The number of aromatic carboxylic acids is 1. The van der Waals surface area contributed by atoms with Gasteiger partial charge < -0.3 is 9.52 Å². The minimum absolute atomic E-state index is 0.0418. The molecule has 2 aromatic carbocycles. The predicted octanol–water partition coefficient (Wildman–Crippen LogP) is 3.91. The quantitative estimate of drug-likeness (QED) is 0.345. The van der Waals surface area contributed by atoms with E-state index in [1.807, 2.05) is 0 Å². The molecule has 0 radical (unpaired) electrons. The highest BCUT2D eigenvalue weighted by atomic mass is 16.6. The highest BCUT2D eigenvalue weighted by molar-refractivity contribution is 5.95. The van der Waals surface area contributed by atoms with Crippen molar-refractivity contribution in [1.82, 2.24) is 0 Å². The monoisotopic (exact) mass is 396 g/mol. The number of benzene rings is 2. The summed E-state index contributed by atoms with van der Waals surface area (Å²) in [6.07, 6.45) is 1.23.